The Bertz CT molecular complexity index is 342. The highest BCUT2D eigenvalue weighted by atomic mass is 16.5. The van der Waals surface area contributed by atoms with Gasteiger partial charge in [0.25, 0.3) is 0 Å². The number of ether oxygens (including phenoxy) is 1. The fraction of sp³-hybridized carbons (Fsp3) is 0.846. The normalized spacial score (nSPS) is 24.9. The minimum atomic E-state index is -0.824. The van der Waals surface area contributed by atoms with Crippen LogP contribution in [0.5, 0.6) is 0 Å². The molecule has 6 heteroatoms. The van der Waals surface area contributed by atoms with Crippen molar-refractivity contribution in [1.82, 2.24) is 9.80 Å². The van der Waals surface area contributed by atoms with Gasteiger partial charge in [-0.15, -0.1) is 0 Å². The van der Waals surface area contributed by atoms with Crippen LogP contribution in [0, 0.1) is 11.8 Å². The van der Waals surface area contributed by atoms with Gasteiger partial charge in [-0.25, -0.2) is 4.79 Å². The second-order valence-electron chi connectivity index (χ2n) is 5.39. The molecule has 6 nitrogen and oxygen atoms in total. The number of rotatable bonds is 4. The monoisotopic (exact) mass is 270 g/mol. The van der Waals surface area contributed by atoms with Crippen LogP contribution < -0.4 is 0 Å². The van der Waals surface area contributed by atoms with Crippen LogP contribution in [0.3, 0.4) is 0 Å². The molecule has 108 valence electrons. The van der Waals surface area contributed by atoms with Gasteiger partial charge in [0.1, 0.15) is 0 Å². The Morgan fingerprint density at radius 2 is 2.00 bits per heavy atom. The molecular weight excluding hydrogens is 248 g/mol. The molecular formula is C13H22N2O4. The van der Waals surface area contributed by atoms with Gasteiger partial charge in [-0.3, -0.25) is 9.69 Å². The van der Waals surface area contributed by atoms with Crippen LogP contribution >= 0.6 is 0 Å². The van der Waals surface area contributed by atoms with E-state index in [4.69, 9.17) is 9.84 Å². The van der Waals surface area contributed by atoms with Crippen molar-refractivity contribution in [2.45, 2.75) is 19.8 Å². The van der Waals surface area contributed by atoms with Crippen LogP contribution in [0.25, 0.3) is 0 Å². The third-order valence-corrected chi connectivity index (χ3v) is 4.05. The highest BCUT2D eigenvalue weighted by Crippen LogP contribution is 2.30. The van der Waals surface area contributed by atoms with Crippen molar-refractivity contribution in [2.75, 3.05) is 39.3 Å². The number of carboxylic acid groups (broad SMARTS) is 1. The lowest BCUT2D eigenvalue weighted by Crippen LogP contribution is -2.55. The summed E-state index contributed by atoms with van der Waals surface area (Å²) in [6.07, 6.45) is 1.39. The maximum Gasteiger partial charge on any atom is 0.407 e. The second-order valence-corrected chi connectivity index (χ2v) is 5.39. The number of carbonyl (C=O) groups excluding carboxylic acids is 1. The van der Waals surface area contributed by atoms with Gasteiger partial charge in [-0.05, 0) is 38.1 Å². The SMILES string of the molecule is CCOC(=O)CN1CCCC(C2CN(C(=O)O)C2)C1. The molecule has 0 aliphatic carbocycles. The Morgan fingerprint density at radius 3 is 2.63 bits per heavy atom. The van der Waals surface area contributed by atoms with E-state index < -0.39 is 6.09 Å². The average molecular weight is 270 g/mol. The quantitative estimate of drug-likeness (QED) is 0.768. The number of carbonyl (C=O) groups is 2. The molecule has 1 atom stereocenters. The molecule has 0 saturated carbocycles. The molecule has 19 heavy (non-hydrogen) atoms. The van der Waals surface area contributed by atoms with Crippen molar-refractivity contribution in [3.05, 3.63) is 0 Å². The van der Waals surface area contributed by atoms with E-state index in [9.17, 15) is 9.59 Å². The molecule has 0 bridgehead atoms. The minimum Gasteiger partial charge on any atom is -0.465 e. The van der Waals surface area contributed by atoms with E-state index in [-0.39, 0.29) is 5.97 Å². The van der Waals surface area contributed by atoms with Crippen molar-refractivity contribution in [2.24, 2.45) is 11.8 Å². The Balaban J connectivity index is 1.75. The number of nitrogens with zero attached hydrogens (tertiary/aromatic N) is 2. The smallest absolute Gasteiger partial charge is 0.407 e. The third kappa shape index (κ3) is 3.59. The van der Waals surface area contributed by atoms with Crippen LogP contribution in [-0.4, -0.2) is 66.3 Å². The first-order valence-corrected chi connectivity index (χ1v) is 6.96. The molecule has 1 amide bonds. The first-order valence-electron chi connectivity index (χ1n) is 6.96. The van der Waals surface area contributed by atoms with E-state index in [2.05, 4.69) is 4.90 Å². The standard InChI is InChI=1S/C13H22N2O4/c1-2-19-12(16)9-14-5-3-4-10(6-14)11-7-15(8-11)13(17)18/h10-11H,2-9H2,1H3,(H,17,18). The Labute approximate surface area is 113 Å². The van der Waals surface area contributed by atoms with Gasteiger partial charge < -0.3 is 14.7 Å². The third-order valence-electron chi connectivity index (χ3n) is 4.05. The van der Waals surface area contributed by atoms with E-state index in [0.717, 1.165) is 25.9 Å². The van der Waals surface area contributed by atoms with Crippen molar-refractivity contribution in [3.63, 3.8) is 0 Å². The van der Waals surface area contributed by atoms with Crippen LogP contribution in [-0.2, 0) is 9.53 Å². The lowest BCUT2D eigenvalue weighted by molar-refractivity contribution is -0.145. The van der Waals surface area contributed by atoms with E-state index in [1.54, 1.807) is 0 Å². The summed E-state index contributed by atoms with van der Waals surface area (Å²) in [7, 11) is 0. The fourth-order valence-electron chi connectivity index (χ4n) is 2.98. The Morgan fingerprint density at radius 1 is 1.26 bits per heavy atom. The first-order chi connectivity index (χ1) is 9.10. The predicted molar refractivity (Wildman–Crippen MR) is 68.9 cm³/mol. The van der Waals surface area contributed by atoms with E-state index in [0.29, 0.717) is 38.1 Å². The highest BCUT2D eigenvalue weighted by Gasteiger charge is 2.38. The summed E-state index contributed by atoms with van der Waals surface area (Å²) in [5.41, 5.74) is 0. The molecule has 2 aliphatic rings. The van der Waals surface area contributed by atoms with Crippen LogP contribution in [0.4, 0.5) is 4.79 Å². The number of likely N-dealkylation sites (tertiary alicyclic amines) is 2. The van der Waals surface area contributed by atoms with Gasteiger partial charge in [0.05, 0.1) is 13.2 Å². The molecule has 2 rings (SSSR count). The molecule has 1 N–H and O–H groups in total. The summed E-state index contributed by atoms with van der Waals surface area (Å²) in [5.74, 6) is 0.809. The predicted octanol–water partition coefficient (Wildman–Crippen LogP) is 0.871. The van der Waals surface area contributed by atoms with Gasteiger partial charge in [-0.1, -0.05) is 0 Å². The number of esters is 1. The molecule has 2 saturated heterocycles. The topological polar surface area (TPSA) is 70.1 Å². The van der Waals surface area contributed by atoms with E-state index in [1.807, 2.05) is 6.92 Å². The molecule has 0 aromatic rings. The van der Waals surface area contributed by atoms with Gasteiger partial charge in [-0.2, -0.15) is 0 Å². The van der Waals surface area contributed by atoms with Crippen molar-refractivity contribution >= 4 is 12.1 Å². The number of hydrogen-bond donors (Lipinski definition) is 1. The van der Waals surface area contributed by atoms with E-state index >= 15 is 0 Å². The maximum atomic E-state index is 11.5. The zero-order chi connectivity index (χ0) is 13.8. The second kappa shape index (κ2) is 6.23. The van der Waals surface area contributed by atoms with Crippen molar-refractivity contribution < 1.29 is 19.4 Å². The van der Waals surface area contributed by atoms with Crippen LogP contribution in [0.15, 0.2) is 0 Å². The summed E-state index contributed by atoms with van der Waals surface area (Å²) < 4.78 is 4.96. The highest BCUT2D eigenvalue weighted by molar-refractivity contribution is 5.71. The number of piperidine rings is 1. The first kappa shape index (κ1) is 14.1. The molecule has 1 unspecified atom stereocenters. The zero-order valence-electron chi connectivity index (χ0n) is 11.4. The molecule has 0 aromatic carbocycles. The lowest BCUT2D eigenvalue weighted by Gasteiger charge is -2.45. The summed E-state index contributed by atoms with van der Waals surface area (Å²) in [6, 6.07) is 0. The Kier molecular flexibility index (Phi) is 4.63. The van der Waals surface area contributed by atoms with Crippen molar-refractivity contribution in [1.29, 1.82) is 0 Å². The molecule has 0 radical (unpaired) electrons. The molecule has 2 aliphatic heterocycles. The van der Waals surface area contributed by atoms with Gasteiger partial charge >= 0.3 is 12.1 Å². The molecule has 0 aromatic heterocycles. The van der Waals surface area contributed by atoms with Crippen LogP contribution in [0.2, 0.25) is 0 Å². The maximum absolute atomic E-state index is 11.5. The van der Waals surface area contributed by atoms with Gasteiger partial charge in [0.2, 0.25) is 0 Å². The number of hydrogen-bond acceptors (Lipinski definition) is 4. The van der Waals surface area contributed by atoms with Gasteiger partial charge in [0, 0.05) is 19.6 Å². The average Bonchev–Trinajstić information content (AvgIpc) is 2.27. The van der Waals surface area contributed by atoms with Crippen molar-refractivity contribution in [3.8, 4) is 0 Å². The summed E-state index contributed by atoms with van der Waals surface area (Å²) in [6.45, 7) is 5.71. The largest absolute Gasteiger partial charge is 0.465 e. The zero-order valence-corrected chi connectivity index (χ0v) is 11.4. The fourth-order valence-corrected chi connectivity index (χ4v) is 2.98. The molecule has 0 spiro atoms. The molecule has 2 heterocycles. The summed E-state index contributed by atoms with van der Waals surface area (Å²) >= 11 is 0. The number of amides is 1. The van der Waals surface area contributed by atoms with E-state index in [1.165, 1.54) is 4.90 Å². The minimum absolute atomic E-state index is 0.163. The summed E-state index contributed by atoms with van der Waals surface area (Å²) in [4.78, 5) is 25.8. The molecule has 2 fully saturated rings. The Hall–Kier alpha value is -1.30. The lowest BCUT2D eigenvalue weighted by atomic mass is 9.81. The summed E-state index contributed by atoms with van der Waals surface area (Å²) in [5, 5.41) is 8.83. The van der Waals surface area contributed by atoms with Crippen LogP contribution in [0.1, 0.15) is 19.8 Å². The van der Waals surface area contributed by atoms with Gasteiger partial charge in [0.15, 0.2) is 0 Å².